The zero-order valence-corrected chi connectivity index (χ0v) is 13.5. The van der Waals surface area contributed by atoms with E-state index in [-0.39, 0.29) is 11.4 Å². The molecule has 2 aromatic rings. The van der Waals surface area contributed by atoms with E-state index < -0.39 is 10.0 Å². The van der Waals surface area contributed by atoms with Crippen molar-refractivity contribution in [3.05, 3.63) is 58.1 Å². The first kappa shape index (κ1) is 16.1. The van der Waals surface area contributed by atoms with Gasteiger partial charge in [0.1, 0.15) is 5.75 Å². The van der Waals surface area contributed by atoms with Crippen molar-refractivity contribution in [3.63, 3.8) is 0 Å². The van der Waals surface area contributed by atoms with Crippen LogP contribution in [0.1, 0.15) is 5.56 Å². The summed E-state index contributed by atoms with van der Waals surface area (Å²) < 4.78 is 31.8. The second-order valence-electron chi connectivity index (χ2n) is 4.24. The maximum atomic E-state index is 12.2. The Kier molecular flexibility index (Phi) is 5.11. The summed E-state index contributed by atoms with van der Waals surface area (Å²) in [6.45, 7) is 0.0632. The number of ether oxygens (including phenoxy) is 1. The molecular formula is C14H13Cl2NO3S. The van der Waals surface area contributed by atoms with E-state index in [1.165, 1.54) is 19.2 Å². The number of rotatable bonds is 5. The molecule has 0 heterocycles. The largest absolute Gasteiger partial charge is 0.497 e. The van der Waals surface area contributed by atoms with E-state index in [1.54, 1.807) is 30.3 Å². The van der Waals surface area contributed by atoms with Crippen molar-refractivity contribution in [3.8, 4) is 5.75 Å². The summed E-state index contributed by atoms with van der Waals surface area (Å²) in [7, 11) is -2.10. The van der Waals surface area contributed by atoms with Crippen molar-refractivity contribution >= 4 is 33.2 Å². The molecule has 1 N–H and O–H groups in total. The first-order chi connectivity index (χ1) is 9.92. The van der Waals surface area contributed by atoms with Gasteiger partial charge >= 0.3 is 0 Å². The van der Waals surface area contributed by atoms with Crippen LogP contribution in [-0.2, 0) is 16.6 Å². The average Bonchev–Trinajstić information content (AvgIpc) is 2.48. The van der Waals surface area contributed by atoms with Gasteiger partial charge in [0.15, 0.2) is 0 Å². The Morgan fingerprint density at radius 2 is 1.76 bits per heavy atom. The summed E-state index contributed by atoms with van der Waals surface area (Å²) in [4.78, 5) is 0.154. The predicted octanol–water partition coefficient (Wildman–Crippen LogP) is 3.48. The number of benzene rings is 2. The zero-order valence-electron chi connectivity index (χ0n) is 11.1. The molecule has 2 aromatic carbocycles. The molecule has 4 nitrogen and oxygen atoms in total. The minimum Gasteiger partial charge on any atom is -0.497 e. The lowest BCUT2D eigenvalue weighted by Crippen LogP contribution is -2.23. The molecule has 0 aliphatic rings. The van der Waals surface area contributed by atoms with E-state index in [9.17, 15) is 8.42 Å². The van der Waals surface area contributed by atoms with Gasteiger partial charge in [-0.15, -0.1) is 0 Å². The smallest absolute Gasteiger partial charge is 0.240 e. The lowest BCUT2D eigenvalue weighted by molar-refractivity contribution is 0.414. The summed E-state index contributed by atoms with van der Waals surface area (Å²) in [5.41, 5.74) is 0.612. The van der Waals surface area contributed by atoms with Gasteiger partial charge < -0.3 is 4.74 Å². The highest BCUT2D eigenvalue weighted by atomic mass is 35.5. The molecule has 0 spiro atoms. The summed E-state index contributed by atoms with van der Waals surface area (Å²) in [6, 6.07) is 11.0. The van der Waals surface area contributed by atoms with Crippen LogP contribution in [0.3, 0.4) is 0 Å². The SMILES string of the molecule is COc1ccc(S(=O)(=O)NCc2cc(Cl)ccc2Cl)cc1. The molecule has 0 aliphatic carbocycles. The van der Waals surface area contributed by atoms with Gasteiger partial charge in [-0.3, -0.25) is 0 Å². The Morgan fingerprint density at radius 3 is 2.38 bits per heavy atom. The number of nitrogens with one attached hydrogen (secondary N) is 1. The molecule has 0 amide bonds. The van der Waals surface area contributed by atoms with Crippen LogP contribution in [0.25, 0.3) is 0 Å². The topological polar surface area (TPSA) is 55.4 Å². The Labute approximate surface area is 133 Å². The number of halogens is 2. The highest BCUT2D eigenvalue weighted by Crippen LogP contribution is 2.21. The van der Waals surface area contributed by atoms with Gasteiger partial charge in [0.25, 0.3) is 0 Å². The molecule has 0 saturated heterocycles. The van der Waals surface area contributed by atoms with Crippen LogP contribution in [-0.4, -0.2) is 15.5 Å². The molecule has 21 heavy (non-hydrogen) atoms. The summed E-state index contributed by atoms with van der Waals surface area (Å²) >= 11 is 11.9. The van der Waals surface area contributed by atoms with Crippen molar-refractivity contribution in [2.24, 2.45) is 0 Å². The van der Waals surface area contributed by atoms with Crippen LogP contribution in [0.5, 0.6) is 5.75 Å². The maximum absolute atomic E-state index is 12.2. The van der Waals surface area contributed by atoms with Gasteiger partial charge in [-0.1, -0.05) is 23.2 Å². The molecule has 0 atom stereocenters. The molecule has 0 aromatic heterocycles. The lowest BCUT2D eigenvalue weighted by atomic mass is 10.2. The van der Waals surface area contributed by atoms with Crippen molar-refractivity contribution in [1.82, 2.24) is 4.72 Å². The monoisotopic (exact) mass is 345 g/mol. The minimum absolute atomic E-state index is 0.0632. The molecular weight excluding hydrogens is 333 g/mol. The molecule has 112 valence electrons. The first-order valence-corrected chi connectivity index (χ1v) is 8.24. The van der Waals surface area contributed by atoms with Crippen LogP contribution in [0, 0.1) is 0 Å². The third-order valence-electron chi connectivity index (χ3n) is 2.83. The molecule has 2 rings (SSSR count). The molecule has 0 fully saturated rings. The molecule has 0 aliphatic heterocycles. The third kappa shape index (κ3) is 4.11. The first-order valence-electron chi connectivity index (χ1n) is 6.00. The van der Waals surface area contributed by atoms with E-state index in [0.29, 0.717) is 21.4 Å². The molecule has 0 bridgehead atoms. The van der Waals surface area contributed by atoms with Gasteiger partial charge in [-0.05, 0) is 48.0 Å². The standard InChI is InChI=1S/C14H13Cl2NO3S/c1-20-12-3-5-13(6-4-12)21(18,19)17-9-10-8-11(15)2-7-14(10)16/h2-8,17H,9H2,1H3. The van der Waals surface area contributed by atoms with Crippen LogP contribution >= 0.6 is 23.2 Å². The summed E-state index contributed by atoms with van der Waals surface area (Å²) in [6.07, 6.45) is 0. The van der Waals surface area contributed by atoms with E-state index in [2.05, 4.69) is 4.72 Å². The van der Waals surface area contributed by atoms with Crippen molar-refractivity contribution in [2.45, 2.75) is 11.4 Å². The van der Waals surface area contributed by atoms with E-state index in [0.717, 1.165) is 0 Å². The molecule has 7 heteroatoms. The van der Waals surface area contributed by atoms with Crippen molar-refractivity contribution < 1.29 is 13.2 Å². The second kappa shape index (κ2) is 6.66. The Bertz CT molecular complexity index is 730. The fraction of sp³-hybridized carbons (Fsp3) is 0.143. The highest BCUT2D eigenvalue weighted by Gasteiger charge is 2.14. The van der Waals surface area contributed by atoms with Gasteiger partial charge in [0.05, 0.1) is 12.0 Å². The molecule has 0 radical (unpaired) electrons. The summed E-state index contributed by atoms with van der Waals surface area (Å²) in [5.74, 6) is 0.590. The van der Waals surface area contributed by atoms with Gasteiger partial charge in [-0.2, -0.15) is 0 Å². The normalized spacial score (nSPS) is 11.4. The van der Waals surface area contributed by atoms with Crippen molar-refractivity contribution in [2.75, 3.05) is 7.11 Å². The Balaban J connectivity index is 2.15. The number of hydrogen-bond donors (Lipinski definition) is 1. The zero-order chi connectivity index (χ0) is 15.5. The van der Waals surface area contributed by atoms with Crippen LogP contribution < -0.4 is 9.46 Å². The maximum Gasteiger partial charge on any atom is 0.240 e. The molecule has 0 unspecified atom stereocenters. The van der Waals surface area contributed by atoms with Gasteiger partial charge in [-0.25, -0.2) is 13.1 Å². The Hall–Kier alpha value is -1.27. The predicted molar refractivity (Wildman–Crippen MR) is 83.5 cm³/mol. The number of sulfonamides is 1. The highest BCUT2D eigenvalue weighted by molar-refractivity contribution is 7.89. The van der Waals surface area contributed by atoms with Crippen LogP contribution in [0.2, 0.25) is 10.0 Å². The average molecular weight is 346 g/mol. The lowest BCUT2D eigenvalue weighted by Gasteiger charge is -2.09. The van der Waals surface area contributed by atoms with E-state index in [4.69, 9.17) is 27.9 Å². The van der Waals surface area contributed by atoms with Crippen LogP contribution in [0.4, 0.5) is 0 Å². The number of methoxy groups -OCH3 is 1. The second-order valence-corrected chi connectivity index (χ2v) is 6.85. The quantitative estimate of drug-likeness (QED) is 0.902. The minimum atomic E-state index is -3.62. The van der Waals surface area contributed by atoms with E-state index >= 15 is 0 Å². The Morgan fingerprint density at radius 1 is 1.10 bits per heavy atom. The third-order valence-corrected chi connectivity index (χ3v) is 4.85. The number of hydrogen-bond acceptors (Lipinski definition) is 3. The fourth-order valence-electron chi connectivity index (χ4n) is 1.69. The van der Waals surface area contributed by atoms with Crippen LogP contribution in [0.15, 0.2) is 47.4 Å². The molecule has 0 saturated carbocycles. The van der Waals surface area contributed by atoms with E-state index in [1.807, 2.05) is 0 Å². The summed E-state index contributed by atoms with van der Waals surface area (Å²) in [5, 5.41) is 0.954. The van der Waals surface area contributed by atoms with Crippen molar-refractivity contribution in [1.29, 1.82) is 0 Å². The van der Waals surface area contributed by atoms with Gasteiger partial charge in [0, 0.05) is 16.6 Å². The van der Waals surface area contributed by atoms with Gasteiger partial charge in [0.2, 0.25) is 10.0 Å². The fourth-order valence-corrected chi connectivity index (χ4v) is 3.08.